The smallest absolute Gasteiger partial charge is 0.120 e. The summed E-state index contributed by atoms with van der Waals surface area (Å²) in [5.74, 6) is 0. The number of aliphatic hydroxyl groups is 2. The minimum atomic E-state index is -0.828. The number of benzene rings is 1. The average Bonchev–Trinajstić information content (AvgIpc) is 3.14. The van der Waals surface area contributed by atoms with E-state index < -0.39 is 12.3 Å². The molecule has 2 aliphatic heterocycles. The zero-order chi connectivity index (χ0) is 16.8. The lowest BCUT2D eigenvalue weighted by Gasteiger charge is -2.24. The molecule has 0 spiro atoms. The van der Waals surface area contributed by atoms with E-state index in [0.29, 0.717) is 25.9 Å². The van der Waals surface area contributed by atoms with Crippen LogP contribution in [-0.2, 0) is 0 Å². The van der Waals surface area contributed by atoms with Crippen LogP contribution < -0.4 is 10.2 Å². The molecule has 130 valence electrons. The number of aliphatic hydroxyl groups excluding tert-OH is 2. The van der Waals surface area contributed by atoms with Gasteiger partial charge >= 0.3 is 0 Å². The van der Waals surface area contributed by atoms with Gasteiger partial charge < -0.3 is 20.4 Å². The molecule has 3 rings (SSSR count). The van der Waals surface area contributed by atoms with E-state index in [1.807, 2.05) is 29.2 Å². The first-order valence-corrected chi connectivity index (χ1v) is 8.58. The molecule has 2 heterocycles. The summed E-state index contributed by atoms with van der Waals surface area (Å²) in [7, 11) is 0. The van der Waals surface area contributed by atoms with Crippen LogP contribution in [-0.4, -0.2) is 60.9 Å². The first-order chi connectivity index (χ1) is 11.0. The summed E-state index contributed by atoms with van der Waals surface area (Å²) >= 11 is 3.36. The van der Waals surface area contributed by atoms with Gasteiger partial charge in [0, 0.05) is 35.7 Å². The summed E-state index contributed by atoms with van der Waals surface area (Å²) in [4.78, 5) is 1.93. The quantitative estimate of drug-likeness (QED) is 0.736. The standard InChI is InChI=1S/C11H13BrFNO.C5H10FNO/c12-8-1-3-10(4-2-8)14-6-9(13)5-11(14)7-15;6-4-1-5(3-8)7-2-4/h1-4,9,11,15H,5-7H2;4-5,7-8H,1-3H2/t9-,11-;4-,5-/m00/s1. The molecule has 2 aliphatic rings. The third-order valence-corrected chi connectivity index (χ3v) is 4.65. The molecule has 23 heavy (non-hydrogen) atoms. The van der Waals surface area contributed by atoms with E-state index in [-0.39, 0.29) is 25.3 Å². The minimum Gasteiger partial charge on any atom is -0.395 e. The van der Waals surface area contributed by atoms with Crippen molar-refractivity contribution in [3.8, 4) is 0 Å². The van der Waals surface area contributed by atoms with Crippen LogP contribution in [0.25, 0.3) is 0 Å². The number of nitrogens with one attached hydrogen (secondary N) is 1. The van der Waals surface area contributed by atoms with Gasteiger partial charge in [-0.1, -0.05) is 15.9 Å². The van der Waals surface area contributed by atoms with Crippen molar-refractivity contribution in [2.24, 2.45) is 0 Å². The Morgan fingerprint density at radius 2 is 1.78 bits per heavy atom. The summed E-state index contributed by atoms with van der Waals surface area (Å²) in [6.45, 7) is 0.856. The zero-order valence-corrected chi connectivity index (χ0v) is 14.4. The molecule has 0 amide bonds. The highest BCUT2D eigenvalue weighted by Gasteiger charge is 2.31. The van der Waals surface area contributed by atoms with Crippen molar-refractivity contribution in [3.63, 3.8) is 0 Å². The minimum absolute atomic E-state index is 0.00463. The summed E-state index contributed by atoms with van der Waals surface area (Å²) in [6, 6.07) is 7.64. The topological polar surface area (TPSA) is 55.7 Å². The van der Waals surface area contributed by atoms with Crippen molar-refractivity contribution in [3.05, 3.63) is 28.7 Å². The van der Waals surface area contributed by atoms with Crippen LogP contribution in [0, 0.1) is 0 Å². The number of halogens is 3. The van der Waals surface area contributed by atoms with Crippen LogP contribution in [0.5, 0.6) is 0 Å². The molecule has 0 unspecified atom stereocenters. The van der Waals surface area contributed by atoms with Gasteiger partial charge in [-0.05, 0) is 30.7 Å². The molecule has 0 radical (unpaired) electrons. The molecule has 4 nitrogen and oxygen atoms in total. The molecule has 1 aromatic carbocycles. The highest BCUT2D eigenvalue weighted by molar-refractivity contribution is 9.10. The lowest BCUT2D eigenvalue weighted by atomic mass is 10.2. The summed E-state index contributed by atoms with van der Waals surface area (Å²) in [5.41, 5.74) is 0.970. The molecule has 2 saturated heterocycles. The van der Waals surface area contributed by atoms with Crippen molar-refractivity contribution in [2.45, 2.75) is 37.3 Å². The maximum atomic E-state index is 13.2. The largest absolute Gasteiger partial charge is 0.395 e. The predicted molar refractivity (Wildman–Crippen MR) is 90.3 cm³/mol. The highest BCUT2D eigenvalue weighted by Crippen LogP contribution is 2.28. The molecule has 0 aliphatic carbocycles. The van der Waals surface area contributed by atoms with E-state index in [1.165, 1.54) is 0 Å². The normalized spacial score (nSPS) is 30.2. The van der Waals surface area contributed by atoms with E-state index in [9.17, 15) is 8.78 Å². The first-order valence-electron chi connectivity index (χ1n) is 7.79. The van der Waals surface area contributed by atoms with Gasteiger partial charge in [-0.25, -0.2) is 8.78 Å². The summed E-state index contributed by atoms with van der Waals surface area (Å²) in [5, 5.41) is 20.4. The van der Waals surface area contributed by atoms with Gasteiger partial charge in [0.2, 0.25) is 0 Å². The Kier molecular flexibility index (Phi) is 7.20. The van der Waals surface area contributed by atoms with Gasteiger partial charge in [-0.3, -0.25) is 0 Å². The van der Waals surface area contributed by atoms with Crippen molar-refractivity contribution in [1.82, 2.24) is 5.32 Å². The summed E-state index contributed by atoms with van der Waals surface area (Å²) < 4.78 is 26.4. The van der Waals surface area contributed by atoms with Crippen LogP contribution >= 0.6 is 15.9 Å². The van der Waals surface area contributed by atoms with E-state index in [2.05, 4.69) is 21.2 Å². The molecule has 2 fully saturated rings. The number of nitrogens with zero attached hydrogens (tertiary/aromatic N) is 1. The second-order valence-electron chi connectivity index (χ2n) is 5.92. The average molecular weight is 393 g/mol. The maximum absolute atomic E-state index is 13.2. The van der Waals surface area contributed by atoms with Crippen LogP contribution in [0.2, 0.25) is 0 Å². The molecule has 3 N–H and O–H groups in total. The lowest BCUT2D eigenvalue weighted by Crippen LogP contribution is -2.32. The second-order valence-corrected chi connectivity index (χ2v) is 6.83. The Bertz CT molecular complexity index is 478. The van der Waals surface area contributed by atoms with Gasteiger partial charge in [0.25, 0.3) is 0 Å². The van der Waals surface area contributed by atoms with Crippen LogP contribution in [0.3, 0.4) is 0 Å². The zero-order valence-electron chi connectivity index (χ0n) is 12.8. The number of alkyl halides is 2. The Morgan fingerprint density at radius 1 is 1.09 bits per heavy atom. The van der Waals surface area contributed by atoms with Crippen molar-refractivity contribution in [2.75, 3.05) is 31.2 Å². The first kappa shape index (κ1) is 18.6. The van der Waals surface area contributed by atoms with E-state index in [1.54, 1.807) is 0 Å². The van der Waals surface area contributed by atoms with Crippen molar-refractivity contribution >= 4 is 21.6 Å². The molecular formula is C16H23BrF2N2O2. The fourth-order valence-electron chi connectivity index (χ4n) is 2.89. The van der Waals surface area contributed by atoms with Gasteiger partial charge in [0.15, 0.2) is 0 Å². The van der Waals surface area contributed by atoms with Crippen LogP contribution in [0.15, 0.2) is 28.7 Å². The molecule has 4 atom stereocenters. The highest BCUT2D eigenvalue weighted by atomic mass is 79.9. The maximum Gasteiger partial charge on any atom is 0.120 e. The Balaban J connectivity index is 0.000000203. The number of anilines is 1. The Hall–Kier alpha value is -0.760. The van der Waals surface area contributed by atoms with Crippen LogP contribution in [0.4, 0.5) is 14.5 Å². The van der Waals surface area contributed by atoms with Crippen molar-refractivity contribution < 1.29 is 19.0 Å². The molecule has 0 aromatic heterocycles. The Labute approximate surface area is 143 Å². The van der Waals surface area contributed by atoms with Gasteiger partial charge in [-0.15, -0.1) is 0 Å². The van der Waals surface area contributed by atoms with Crippen LogP contribution in [0.1, 0.15) is 12.8 Å². The predicted octanol–water partition coefficient (Wildman–Crippen LogP) is 2.04. The molecule has 7 heteroatoms. The molecule has 0 bridgehead atoms. The van der Waals surface area contributed by atoms with E-state index in [0.717, 1.165) is 10.2 Å². The van der Waals surface area contributed by atoms with Crippen molar-refractivity contribution in [1.29, 1.82) is 0 Å². The van der Waals surface area contributed by atoms with Gasteiger partial charge in [0.05, 0.1) is 19.3 Å². The Morgan fingerprint density at radius 3 is 2.26 bits per heavy atom. The van der Waals surface area contributed by atoms with Gasteiger partial charge in [0.1, 0.15) is 12.3 Å². The third kappa shape index (κ3) is 5.38. The fraction of sp³-hybridized carbons (Fsp3) is 0.625. The molecule has 0 saturated carbocycles. The lowest BCUT2D eigenvalue weighted by molar-refractivity contribution is 0.248. The van der Waals surface area contributed by atoms with E-state index in [4.69, 9.17) is 10.2 Å². The number of rotatable bonds is 3. The summed E-state index contributed by atoms with van der Waals surface area (Å²) in [6.07, 6.45) is -0.679. The SMILES string of the molecule is OC[C@@H]1C[C@H](F)CN1.OC[C@@H]1C[C@H](F)CN1c1ccc(Br)cc1. The second kappa shape index (κ2) is 8.92. The molecular weight excluding hydrogens is 370 g/mol. The third-order valence-electron chi connectivity index (χ3n) is 4.12. The molecule has 1 aromatic rings. The number of hydrogen-bond acceptors (Lipinski definition) is 4. The van der Waals surface area contributed by atoms with Gasteiger partial charge in [-0.2, -0.15) is 0 Å². The van der Waals surface area contributed by atoms with E-state index >= 15 is 0 Å². The fourth-order valence-corrected chi connectivity index (χ4v) is 3.15. The number of hydrogen-bond donors (Lipinski definition) is 3. The monoisotopic (exact) mass is 392 g/mol.